The highest BCUT2D eigenvalue weighted by molar-refractivity contribution is 5.90. The van der Waals surface area contributed by atoms with Gasteiger partial charge in [0.15, 0.2) is 0 Å². The minimum Gasteiger partial charge on any atom is -0.492 e. The van der Waals surface area contributed by atoms with E-state index in [4.69, 9.17) is 4.74 Å². The van der Waals surface area contributed by atoms with Gasteiger partial charge in [0.1, 0.15) is 11.4 Å². The molecule has 0 spiro atoms. The Labute approximate surface area is 158 Å². The zero-order chi connectivity index (χ0) is 19.7. The van der Waals surface area contributed by atoms with Crippen molar-refractivity contribution in [2.24, 2.45) is 5.92 Å². The molecule has 1 aromatic carbocycles. The number of benzene rings is 1. The molecule has 144 valence electrons. The van der Waals surface area contributed by atoms with Crippen LogP contribution in [0, 0.1) is 5.92 Å². The third-order valence-corrected chi connectivity index (χ3v) is 4.61. The van der Waals surface area contributed by atoms with Crippen LogP contribution < -0.4 is 10.1 Å². The maximum Gasteiger partial charge on any atom is 0.433 e. The van der Waals surface area contributed by atoms with Gasteiger partial charge in [0.25, 0.3) is 0 Å². The largest absolute Gasteiger partial charge is 0.492 e. The van der Waals surface area contributed by atoms with Gasteiger partial charge in [0.2, 0.25) is 5.91 Å². The van der Waals surface area contributed by atoms with E-state index in [1.165, 1.54) is 12.3 Å². The maximum atomic E-state index is 12.7. The van der Waals surface area contributed by atoms with Crippen LogP contribution in [0.4, 0.5) is 13.2 Å². The van der Waals surface area contributed by atoms with Crippen LogP contribution >= 0.6 is 0 Å². The molecular weight excluding hydrogens is 371 g/mol. The summed E-state index contributed by atoms with van der Waals surface area (Å²) in [4.78, 5) is 19.2. The first-order valence-electron chi connectivity index (χ1n) is 8.72. The standard InChI is InChI=1S/C20H16F3N3O2/c21-20(22,23)18-4-3-13(10-25-18)14-7-16-15(2-1-5-24-16)17(8-14)28-11-12-6-19(27)26-9-12/h1-5,7-8,10,12H,6,9,11H2,(H,26,27)/t12-/m1/s1. The van der Waals surface area contributed by atoms with Gasteiger partial charge in [0, 0.05) is 42.2 Å². The molecule has 0 radical (unpaired) electrons. The lowest BCUT2D eigenvalue weighted by atomic mass is 10.0. The van der Waals surface area contributed by atoms with Gasteiger partial charge < -0.3 is 10.1 Å². The molecule has 4 rings (SSSR count). The van der Waals surface area contributed by atoms with E-state index in [2.05, 4.69) is 15.3 Å². The number of fused-ring (bicyclic) bond motifs is 1. The van der Waals surface area contributed by atoms with Crippen LogP contribution in [0.2, 0.25) is 0 Å². The summed E-state index contributed by atoms with van der Waals surface area (Å²) in [5.41, 5.74) is 0.909. The van der Waals surface area contributed by atoms with E-state index in [1.54, 1.807) is 24.4 Å². The maximum absolute atomic E-state index is 12.7. The van der Waals surface area contributed by atoms with Crippen molar-refractivity contribution >= 4 is 16.8 Å². The number of nitrogens with one attached hydrogen (secondary N) is 1. The fourth-order valence-electron chi connectivity index (χ4n) is 3.16. The van der Waals surface area contributed by atoms with Gasteiger partial charge in [-0.25, -0.2) is 0 Å². The third kappa shape index (κ3) is 3.76. The summed E-state index contributed by atoms with van der Waals surface area (Å²) in [5.74, 6) is 0.653. The Kier molecular flexibility index (Phi) is 4.62. The fourth-order valence-corrected chi connectivity index (χ4v) is 3.16. The van der Waals surface area contributed by atoms with Crippen LogP contribution in [-0.4, -0.2) is 29.0 Å². The predicted molar refractivity (Wildman–Crippen MR) is 96.6 cm³/mol. The Morgan fingerprint density at radius 3 is 2.68 bits per heavy atom. The Morgan fingerprint density at radius 2 is 2.00 bits per heavy atom. The number of alkyl halides is 3. The molecule has 1 fully saturated rings. The van der Waals surface area contributed by atoms with Gasteiger partial charge in [-0.3, -0.25) is 14.8 Å². The molecule has 28 heavy (non-hydrogen) atoms. The summed E-state index contributed by atoms with van der Waals surface area (Å²) >= 11 is 0. The van der Waals surface area contributed by atoms with E-state index in [0.717, 1.165) is 11.5 Å². The smallest absolute Gasteiger partial charge is 0.433 e. The van der Waals surface area contributed by atoms with Crippen LogP contribution in [0.5, 0.6) is 5.75 Å². The molecule has 8 heteroatoms. The van der Waals surface area contributed by atoms with Crippen molar-refractivity contribution in [2.45, 2.75) is 12.6 Å². The number of rotatable bonds is 4. The third-order valence-electron chi connectivity index (χ3n) is 4.61. The molecule has 2 aromatic heterocycles. The van der Waals surface area contributed by atoms with Crippen LogP contribution in [-0.2, 0) is 11.0 Å². The average molecular weight is 387 g/mol. The Bertz CT molecular complexity index is 1020. The normalized spacial score (nSPS) is 17.0. The number of carbonyl (C=O) groups is 1. The molecule has 3 aromatic rings. The van der Waals surface area contributed by atoms with E-state index in [1.807, 2.05) is 6.07 Å². The summed E-state index contributed by atoms with van der Waals surface area (Å²) in [7, 11) is 0. The molecule has 1 atom stereocenters. The molecular formula is C20H16F3N3O2. The van der Waals surface area contributed by atoms with Crippen molar-refractivity contribution in [1.82, 2.24) is 15.3 Å². The first kappa shape index (κ1) is 18.2. The summed E-state index contributed by atoms with van der Waals surface area (Å²) in [6.07, 6.45) is -1.24. The van der Waals surface area contributed by atoms with Crippen molar-refractivity contribution in [1.29, 1.82) is 0 Å². The molecule has 1 N–H and O–H groups in total. The van der Waals surface area contributed by atoms with E-state index in [0.29, 0.717) is 42.0 Å². The zero-order valence-corrected chi connectivity index (χ0v) is 14.7. The van der Waals surface area contributed by atoms with E-state index in [9.17, 15) is 18.0 Å². The number of ether oxygens (including phenoxy) is 1. The molecule has 3 heterocycles. The van der Waals surface area contributed by atoms with Crippen molar-refractivity contribution in [3.8, 4) is 16.9 Å². The molecule has 1 aliphatic rings. The molecule has 0 unspecified atom stereocenters. The molecule has 5 nitrogen and oxygen atoms in total. The number of aromatic nitrogens is 2. The Morgan fingerprint density at radius 1 is 1.14 bits per heavy atom. The second-order valence-corrected chi connectivity index (χ2v) is 6.66. The monoisotopic (exact) mass is 387 g/mol. The van der Waals surface area contributed by atoms with Gasteiger partial charge in [-0.1, -0.05) is 6.07 Å². The van der Waals surface area contributed by atoms with Crippen LogP contribution in [0.15, 0.2) is 48.8 Å². The molecule has 0 bridgehead atoms. The second-order valence-electron chi connectivity index (χ2n) is 6.66. The highest BCUT2D eigenvalue weighted by Gasteiger charge is 2.32. The average Bonchev–Trinajstić information content (AvgIpc) is 3.10. The number of amides is 1. The van der Waals surface area contributed by atoms with Crippen LogP contribution in [0.1, 0.15) is 12.1 Å². The number of halogens is 3. The van der Waals surface area contributed by atoms with Gasteiger partial charge in [0.05, 0.1) is 12.1 Å². The molecule has 1 saturated heterocycles. The Balaban J connectivity index is 1.66. The highest BCUT2D eigenvalue weighted by atomic mass is 19.4. The Hall–Kier alpha value is -3.16. The minimum atomic E-state index is -4.48. The molecule has 1 amide bonds. The number of pyridine rings is 2. The first-order valence-corrected chi connectivity index (χ1v) is 8.72. The molecule has 0 aliphatic carbocycles. The number of hydrogen-bond donors (Lipinski definition) is 1. The highest BCUT2D eigenvalue weighted by Crippen LogP contribution is 2.33. The van der Waals surface area contributed by atoms with Crippen molar-refractivity contribution in [2.75, 3.05) is 13.2 Å². The predicted octanol–water partition coefficient (Wildman–Crippen LogP) is 3.83. The van der Waals surface area contributed by atoms with Crippen LogP contribution in [0.3, 0.4) is 0 Å². The topological polar surface area (TPSA) is 64.1 Å². The van der Waals surface area contributed by atoms with Crippen LogP contribution in [0.25, 0.3) is 22.0 Å². The molecule has 0 saturated carbocycles. The second kappa shape index (κ2) is 7.10. The number of hydrogen-bond acceptors (Lipinski definition) is 4. The van der Waals surface area contributed by atoms with Crippen molar-refractivity contribution < 1.29 is 22.7 Å². The quantitative estimate of drug-likeness (QED) is 0.739. The first-order chi connectivity index (χ1) is 13.4. The van der Waals surface area contributed by atoms with E-state index in [-0.39, 0.29) is 11.8 Å². The summed E-state index contributed by atoms with van der Waals surface area (Å²) in [6, 6.07) is 9.53. The zero-order valence-electron chi connectivity index (χ0n) is 14.7. The lowest BCUT2D eigenvalue weighted by Crippen LogP contribution is -2.16. The van der Waals surface area contributed by atoms with E-state index >= 15 is 0 Å². The SMILES string of the molecule is O=C1C[C@@H](COc2cc(-c3ccc(C(F)(F)F)nc3)cc3ncccc23)CN1. The number of carbonyl (C=O) groups excluding carboxylic acids is 1. The minimum absolute atomic E-state index is 0.00436. The summed E-state index contributed by atoms with van der Waals surface area (Å²) < 4.78 is 44.2. The lowest BCUT2D eigenvalue weighted by Gasteiger charge is -2.14. The number of nitrogens with zero attached hydrogens (tertiary/aromatic N) is 2. The summed E-state index contributed by atoms with van der Waals surface area (Å²) in [6.45, 7) is 0.926. The lowest BCUT2D eigenvalue weighted by molar-refractivity contribution is -0.141. The van der Waals surface area contributed by atoms with Gasteiger partial charge in [-0.15, -0.1) is 0 Å². The fraction of sp³-hybridized carbons (Fsp3) is 0.250. The van der Waals surface area contributed by atoms with Gasteiger partial charge in [-0.05, 0) is 35.9 Å². The van der Waals surface area contributed by atoms with E-state index < -0.39 is 11.9 Å². The van der Waals surface area contributed by atoms with Crippen molar-refractivity contribution in [3.63, 3.8) is 0 Å². The van der Waals surface area contributed by atoms with Gasteiger partial charge >= 0.3 is 6.18 Å². The molecule has 1 aliphatic heterocycles. The van der Waals surface area contributed by atoms with Gasteiger partial charge in [-0.2, -0.15) is 13.2 Å². The summed E-state index contributed by atoms with van der Waals surface area (Å²) in [5, 5.41) is 3.56. The van der Waals surface area contributed by atoms with Crippen molar-refractivity contribution in [3.05, 3.63) is 54.5 Å².